The van der Waals surface area contributed by atoms with Gasteiger partial charge in [0.05, 0.1) is 29.9 Å². The van der Waals surface area contributed by atoms with E-state index in [0.29, 0.717) is 19.6 Å². The Morgan fingerprint density at radius 1 is 1.02 bits per heavy atom. The van der Waals surface area contributed by atoms with Crippen molar-refractivity contribution in [1.29, 1.82) is 0 Å². The standard InChI is InChI=1S/C33H36N4O3/c1-3-39-32-7-5-4-6-30(32)36-15-17-37(18-16-36)33(38)20-24-8-9-27-21-25(11-13-31(27)40-19-14-24)26-10-12-28-29(22-26)35-23(2)34-28/h4-8,10-13,21-22H,3,9,14-20H2,1-2H3,(H,34,35)/b24-8+. The molecule has 3 heterocycles. The van der Waals surface area contributed by atoms with Crippen molar-refractivity contribution in [2.75, 3.05) is 44.3 Å². The molecule has 1 saturated heterocycles. The number of allylic oxidation sites excluding steroid dienone is 1. The van der Waals surface area contributed by atoms with Gasteiger partial charge >= 0.3 is 0 Å². The number of amides is 1. The fourth-order valence-electron chi connectivity index (χ4n) is 5.68. The molecule has 2 aliphatic rings. The monoisotopic (exact) mass is 536 g/mol. The summed E-state index contributed by atoms with van der Waals surface area (Å²) < 4.78 is 12.0. The first-order valence-corrected chi connectivity index (χ1v) is 14.2. The normalized spacial score (nSPS) is 16.9. The number of benzene rings is 3. The lowest BCUT2D eigenvalue weighted by atomic mass is 9.97. The van der Waals surface area contributed by atoms with Crippen molar-refractivity contribution in [1.82, 2.24) is 14.9 Å². The Balaban J connectivity index is 1.10. The van der Waals surface area contributed by atoms with Crippen LogP contribution in [0.1, 0.15) is 31.2 Å². The van der Waals surface area contributed by atoms with E-state index in [1.54, 1.807) is 0 Å². The number of aromatic amines is 1. The number of H-pyrrole nitrogens is 1. The van der Waals surface area contributed by atoms with E-state index < -0.39 is 0 Å². The molecule has 0 spiro atoms. The number of imidazole rings is 1. The molecule has 7 nitrogen and oxygen atoms in total. The average molecular weight is 537 g/mol. The van der Waals surface area contributed by atoms with Crippen molar-refractivity contribution in [2.24, 2.45) is 0 Å². The molecular weight excluding hydrogens is 500 g/mol. The van der Waals surface area contributed by atoms with Gasteiger partial charge in [-0.15, -0.1) is 0 Å². The summed E-state index contributed by atoms with van der Waals surface area (Å²) in [6, 6.07) is 20.9. The molecule has 4 aromatic rings. The zero-order chi connectivity index (χ0) is 27.5. The SMILES string of the molecule is CCOc1ccccc1N1CCN(C(=O)C/C2=C/Cc3cc(-c4ccc5nc(C)[nH]c5c4)ccc3OCC2)CC1. The van der Waals surface area contributed by atoms with Gasteiger partial charge in [0.1, 0.15) is 17.3 Å². The van der Waals surface area contributed by atoms with E-state index in [9.17, 15) is 4.79 Å². The molecule has 0 atom stereocenters. The second-order valence-corrected chi connectivity index (χ2v) is 10.5. The number of ether oxygens (including phenoxy) is 2. The van der Waals surface area contributed by atoms with Crippen LogP contribution in [-0.4, -0.2) is 60.2 Å². The number of para-hydroxylation sites is 2. The topological polar surface area (TPSA) is 70.7 Å². The minimum Gasteiger partial charge on any atom is -0.493 e. The highest BCUT2D eigenvalue weighted by molar-refractivity contribution is 5.82. The molecule has 1 fully saturated rings. The number of carbonyl (C=O) groups excluding carboxylic acids is 1. The molecule has 0 saturated carbocycles. The Bertz CT molecular complexity index is 1550. The van der Waals surface area contributed by atoms with E-state index in [1.165, 1.54) is 0 Å². The Morgan fingerprint density at radius 3 is 2.67 bits per heavy atom. The van der Waals surface area contributed by atoms with Gasteiger partial charge in [-0.3, -0.25) is 4.79 Å². The summed E-state index contributed by atoms with van der Waals surface area (Å²) in [5.41, 5.74) is 7.70. The summed E-state index contributed by atoms with van der Waals surface area (Å²) in [6.45, 7) is 8.23. The molecule has 0 bridgehead atoms. The minimum absolute atomic E-state index is 0.196. The number of carbonyl (C=O) groups is 1. The first kappa shape index (κ1) is 26.0. The zero-order valence-corrected chi connectivity index (χ0v) is 23.3. The van der Waals surface area contributed by atoms with Crippen LogP contribution in [0.4, 0.5) is 5.69 Å². The van der Waals surface area contributed by atoms with Crippen LogP contribution in [0.2, 0.25) is 0 Å². The summed E-state index contributed by atoms with van der Waals surface area (Å²) in [5, 5.41) is 0. The lowest BCUT2D eigenvalue weighted by molar-refractivity contribution is -0.130. The molecule has 40 heavy (non-hydrogen) atoms. The molecule has 6 rings (SSSR count). The molecule has 2 aliphatic heterocycles. The number of anilines is 1. The minimum atomic E-state index is 0.196. The van der Waals surface area contributed by atoms with Crippen molar-refractivity contribution in [3.8, 4) is 22.6 Å². The average Bonchev–Trinajstić information content (AvgIpc) is 3.34. The van der Waals surface area contributed by atoms with E-state index in [1.807, 2.05) is 36.9 Å². The number of nitrogens with one attached hydrogen (secondary N) is 1. The maximum Gasteiger partial charge on any atom is 0.226 e. The number of hydrogen-bond donors (Lipinski definition) is 1. The van der Waals surface area contributed by atoms with Gasteiger partial charge in [0, 0.05) is 39.0 Å². The predicted molar refractivity (Wildman–Crippen MR) is 159 cm³/mol. The van der Waals surface area contributed by atoms with Crippen LogP contribution in [0.15, 0.2) is 72.3 Å². The van der Waals surface area contributed by atoms with Gasteiger partial charge in [0.2, 0.25) is 5.91 Å². The van der Waals surface area contributed by atoms with E-state index in [2.05, 4.69) is 63.4 Å². The second-order valence-electron chi connectivity index (χ2n) is 10.5. The van der Waals surface area contributed by atoms with Crippen LogP contribution in [-0.2, 0) is 11.2 Å². The number of hydrogen-bond acceptors (Lipinski definition) is 5. The van der Waals surface area contributed by atoms with Gasteiger partial charge in [-0.25, -0.2) is 4.98 Å². The van der Waals surface area contributed by atoms with Crippen molar-refractivity contribution in [3.63, 3.8) is 0 Å². The Kier molecular flexibility index (Phi) is 7.45. The summed E-state index contributed by atoms with van der Waals surface area (Å²) >= 11 is 0. The van der Waals surface area contributed by atoms with Crippen molar-refractivity contribution >= 4 is 22.6 Å². The molecule has 1 amide bonds. The molecule has 206 valence electrons. The van der Waals surface area contributed by atoms with Crippen LogP contribution in [0.3, 0.4) is 0 Å². The molecule has 7 heteroatoms. The van der Waals surface area contributed by atoms with Crippen LogP contribution in [0.25, 0.3) is 22.2 Å². The van der Waals surface area contributed by atoms with E-state index in [0.717, 1.165) is 95.3 Å². The smallest absolute Gasteiger partial charge is 0.226 e. The van der Waals surface area contributed by atoms with Crippen molar-refractivity contribution in [2.45, 2.75) is 33.1 Å². The van der Waals surface area contributed by atoms with E-state index >= 15 is 0 Å². The highest BCUT2D eigenvalue weighted by atomic mass is 16.5. The highest BCUT2D eigenvalue weighted by Crippen LogP contribution is 2.32. The number of aryl methyl sites for hydroxylation is 1. The second kappa shape index (κ2) is 11.5. The number of aromatic nitrogens is 2. The van der Waals surface area contributed by atoms with Gasteiger partial charge in [0.25, 0.3) is 0 Å². The van der Waals surface area contributed by atoms with Crippen molar-refractivity contribution in [3.05, 3.63) is 83.7 Å². The largest absolute Gasteiger partial charge is 0.493 e. The zero-order valence-electron chi connectivity index (χ0n) is 23.3. The van der Waals surface area contributed by atoms with E-state index in [-0.39, 0.29) is 5.91 Å². The highest BCUT2D eigenvalue weighted by Gasteiger charge is 2.24. The number of nitrogens with zero attached hydrogens (tertiary/aromatic N) is 3. The summed E-state index contributed by atoms with van der Waals surface area (Å²) in [5.74, 6) is 2.94. The lowest BCUT2D eigenvalue weighted by Gasteiger charge is -2.37. The lowest BCUT2D eigenvalue weighted by Crippen LogP contribution is -2.49. The first-order chi connectivity index (χ1) is 19.6. The Morgan fingerprint density at radius 2 is 1.82 bits per heavy atom. The third-order valence-corrected chi connectivity index (χ3v) is 7.80. The van der Waals surface area contributed by atoms with Gasteiger partial charge in [0.15, 0.2) is 0 Å². The van der Waals surface area contributed by atoms with Crippen LogP contribution >= 0.6 is 0 Å². The van der Waals surface area contributed by atoms with Crippen molar-refractivity contribution < 1.29 is 14.3 Å². The van der Waals surface area contributed by atoms with Crippen LogP contribution < -0.4 is 14.4 Å². The summed E-state index contributed by atoms with van der Waals surface area (Å²) in [7, 11) is 0. The molecule has 1 N–H and O–H groups in total. The number of fused-ring (bicyclic) bond motifs is 2. The first-order valence-electron chi connectivity index (χ1n) is 14.2. The van der Waals surface area contributed by atoms with Gasteiger partial charge in [-0.2, -0.15) is 0 Å². The fourth-order valence-corrected chi connectivity index (χ4v) is 5.68. The molecule has 3 aromatic carbocycles. The molecule has 0 aliphatic carbocycles. The molecule has 1 aromatic heterocycles. The summed E-state index contributed by atoms with van der Waals surface area (Å²) in [4.78, 5) is 25.4. The molecule has 0 unspecified atom stereocenters. The number of piperazine rings is 1. The Hall–Kier alpha value is -4.26. The Labute approximate surface area is 235 Å². The fraction of sp³-hybridized carbons (Fsp3) is 0.333. The maximum atomic E-state index is 13.3. The third kappa shape index (κ3) is 5.55. The van der Waals surface area contributed by atoms with E-state index in [4.69, 9.17) is 9.47 Å². The van der Waals surface area contributed by atoms with Crippen LogP contribution in [0.5, 0.6) is 11.5 Å². The summed E-state index contributed by atoms with van der Waals surface area (Å²) in [6.07, 6.45) is 4.20. The quantitative estimate of drug-likeness (QED) is 0.310. The number of rotatable bonds is 6. The molecule has 0 radical (unpaired) electrons. The van der Waals surface area contributed by atoms with Gasteiger partial charge < -0.3 is 24.3 Å². The van der Waals surface area contributed by atoms with Crippen LogP contribution in [0, 0.1) is 6.92 Å². The maximum absolute atomic E-state index is 13.3. The van der Waals surface area contributed by atoms with Gasteiger partial charge in [-0.05, 0) is 73.4 Å². The predicted octanol–water partition coefficient (Wildman–Crippen LogP) is 5.93. The van der Waals surface area contributed by atoms with Gasteiger partial charge in [-0.1, -0.05) is 35.9 Å². The third-order valence-electron chi connectivity index (χ3n) is 7.80. The molecular formula is C33H36N4O3.